The van der Waals surface area contributed by atoms with E-state index in [1.165, 1.54) is 17.4 Å². The van der Waals surface area contributed by atoms with E-state index in [0.29, 0.717) is 15.5 Å². The molecule has 0 bridgehead atoms. The van der Waals surface area contributed by atoms with Crippen LogP contribution in [-0.4, -0.2) is 5.91 Å². The maximum absolute atomic E-state index is 13.8. The van der Waals surface area contributed by atoms with Gasteiger partial charge in [0, 0.05) is 15.6 Å². The van der Waals surface area contributed by atoms with E-state index in [2.05, 4.69) is 5.32 Å². The van der Waals surface area contributed by atoms with Crippen molar-refractivity contribution < 1.29 is 9.18 Å². The summed E-state index contributed by atoms with van der Waals surface area (Å²) in [5.74, 6) is -0.625. The maximum atomic E-state index is 13.8. The van der Waals surface area contributed by atoms with Crippen molar-refractivity contribution in [3.8, 4) is 0 Å². The van der Waals surface area contributed by atoms with E-state index < -0.39 is 6.04 Å². The number of fused-ring (bicyclic) bond motifs is 1. The zero-order valence-corrected chi connectivity index (χ0v) is 13.3. The molecule has 1 aromatic heterocycles. The molecule has 1 unspecified atom stereocenters. The molecule has 5 heteroatoms. The lowest BCUT2D eigenvalue weighted by Gasteiger charge is -2.14. The average molecular weight is 334 g/mol. The number of benzene rings is 2. The Morgan fingerprint density at radius 1 is 1.18 bits per heavy atom. The Labute approximate surface area is 136 Å². The fourth-order valence-electron chi connectivity index (χ4n) is 2.33. The van der Waals surface area contributed by atoms with E-state index in [9.17, 15) is 9.18 Å². The van der Waals surface area contributed by atoms with Crippen LogP contribution in [0.3, 0.4) is 0 Å². The highest BCUT2D eigenvalue weighted by Gasteiger charge is 2.20. The van der Waals surface area contributed by atoms with Crippen molar-refractivity contribution in [2.24, 2.45) is 0 Å². The molecule has 2 nitrogen and oxygen atoms in total. The lowest BCUT2D eigenvalue weighted by molar-refractivity contribution is 0.0943. The van der Waals surface area contributed by atoms with E-state index in [1.807, 2.05) is 24.3 Å². The second kappa shape index (κ2) is 6.07. The van der Waals surface area contributed by atoms with Crippen molar-refractivity contribution in [3.63, 3.8) is 0 Å². The van der Waals surface area contributed by atoms with E-state index >= 15 is 0 Å². The van der Waals surface area contributed by atoms with Crippen molar-refractivity contribution >= 4 is 38.9 Å². The number of hydrogen-bond acceptors (Lipinski definition) is 2. The monoisotopic (exact) mass is 333 g/mol. The fraction of sp³-hybridized carbons (Fsp3) is 0.118. The summed E-state index contributed by atoms with van der Waals surface area (Å²) in [7, 11) is 0. The van der Waals surface area contributed by atoms with Crippen LogP contribution in [0.15, 0.2) is 48.5 Å². The Balaban J connectivity index is 1.87. The summed E-state index contributed by atoms with van der Waals surface area (Å²) in [6.45, 7) is 1.75. The first-order chi connectivity index (χ1) is 10.6. The van der Waals surface area contributed by atoms with Gasteiger partial charge in [0.2, 0.25) is 0 Å². The molecule has 112 valence electrons. The van der Waals surface area contributed by atoms with Crippen LogP contribution in [0.5, 0.6) is 0 Å². The standard InChI is InChI=1S/C17H13ClFNOS/c1-10(11-6-2-4-8-13(11)19)20-17(21)16-15(18)12-7-3-5-9-14(12)22-16/h2-10H,1H3,(H,20,21). The van der Waals surface area contributed by atoms with Gasteiger partial charge in [0.15, 0.2) is 0 Å². The van der Waals surface area contributed by atoms with Gasteiger partial charge >= 0.3 is 0 Å². The molecule has 0 saturated carbocycles. The van der Waals surface area contributed by atoms with Crippen LogP contribution in [0.25, 0.3) is 10.1 Å². The summed E-state index contributed by atoms with van der Waals surface area (Å²) < 4.78 is 14.7. The normalized spacial score (nSPS) is 12.3. The third kappa shape index (κ3) is 2.72. The molecular weight excluding hydrogens is 321 g/mol. The molecule has 3 rings (SSSR count). The molecule has 0 spiro atoms. The number of hydrogen-bond donors (Lipinski definition) is 1. The topological polar surface area (TPSA) is 29.1 Å². The first kappa shape index (κ1) is 15.0. The van der Waals surface area contributed by atoms with E-state index in [0.717, 1.165) is 10.1 Å². The van der Waals surface area contributed by atoms with Gasteiger partial charge in [-0.25, -0.2) is 4.39 Å². The van der Waals surface area contributed by atoms with E-state index in [-0.39, 0.29) is 11.7 Å². The van der Waals surface area contributed by atoms with Crippen molar-refractivity contribution in [3.05, 3.63) is 69.8 Å². The van der Waals surface area contributed by atoms with Gasteiger partial charge in [-0.3, -0.25) is 4.79 Å². The molecule has 1 heterocycles. The smallest absolute Gasteiger partial charge is 0.263 e. The lowest BCUT2D eigenvalue weighted by Crippen LogP contribution is -2.26. The first-order valence-electron chi connectivity index (χ1n) is 6.80. The quantitative estimate of drug-likeness (QED) is 0.702. The molecule has 3 aromatic rings. The molecule has 22 heavy (non-hydrogen) atoms. The summed E-state index contributed by atoms with van der Waals surface area (Å²) >= 11 is 7.62. The minimum absolute atomic E-state index is 0.290. The van der Waals surface area contributed by atoms with Crippen LogP contribution in [0.4, 0.5) is 4.39 Å². The molecule has 0 aliphatic rings. The SMILES string of the molecule is CC(NC(=O)c1sc2ccccc2c1Cl)c1ccccc1F. The van der Waals surface area contributed by atoms with Gasteiger partial charge in [-0.1, -0.05) is 48.0 Å². The van der Waals surface area contributed by atoms with Crippen LogP contribution in [0.2, 0.25) is 5.02 Å². The third-order valence-corrected chi connectivity index (χ3v) is 5.13. The Morgan fingerprint density at radius 3 is 2.59 bits per heavy atom. The summed E-state index contributed by atoms with van der Waals surface area (Å²) in [6, 6.07) is 13.5. The number of carbonyl (C=O) groups is 1. The third-order valence-electron chi connectivity index (χ3n) is 3.46. The van der Waals surface area contributed by atoms with Gasteiger partial charge in [0.1, 0.15) is 10.7 Å². The highest BCUT2D eigenvalue weighted by Crippen LogP contribution is 2.35. The van der Waals surface area contributed by atoms with Gasteiger partial charge in [-0.15, -0.1) is 11.3 Å². The van der Waals surface area contributed by atoms with Crippen molar-refractivity contribution in [1.29, 1.82) is 0 Å². The zero-order valence-electron chi connectivity index (χ0n) is 11.8. The van der Waals surface area contributed by atoms with Crippen LogP contribution < -0.4 is 5.32 Å². The lowest BCUT2D eigenvalue weighted by atomic mass is 10.1. The number of halogens is 2. The highest BCUT2D eigenvalue weighted by atomic mass is 35.5. The molecule has 1 N–H and O–H groups in total. The van der Waals surface area contributed by atoms with Crippen molar-refractivity contribution in [2.45, 2.75) is 13.0 Å². The molecule has 1 atom stereocenters. The number of rotatable bonds is 3. The molecule has 1 amide bonds. The van der Waals surface area contributed by atoms with Crippen LogP contribution >= 0.6 is 22.9 Å². The van der Waals surface area contributed by atoms with Crippen molar-refractivity contribution in [2.75, 3.05) is 0 Å². The van der Waals surface area contributed by atoms with E-state index in [1.54, 1.807) is 25.1 Å². The molecule has 0 radical (unpaired) electrons. The number of thiophene rings is 1. The van der Waals surface area contributed by atoms with E-state index in [4.69, 9.17) is 11.6 Å². The summed E-state index contributed by atoms with van der Waals surface area (Å²) in [6.07, 6.45) is 0. The number of nitrogens with one attached hydrogen (secondary N) is 1. The summed E-state index contributed by atoms with van der Waals surface area (Å²) in [5.41, 5.74) is 0.452. The second-order valence-electron chi connectivity index (χ2n) is 4.96. The minimum Gasteiger partial charge on any atom is -0.345 e. The highest BCUT2D eigenvalue weighted by molar-refractivity contribution is 7.21. The second-order valence-corrected chi connectivity index (χ2v) is 6.39. The Morgan fingerprint density at radius 2 is 1.86 bits per heavy atom. The summed E-state index contributed by atoms with van der Waals surface area (Å²) in [5, 5.41) is 4.10. The molecule has 0 aliphatic heterocycles. The van der Waals surface area contributed by atoms with Crippen LogP contribution in [0, 0.1) is 5.82 Å². The fourth-order valence-corrected chi connectivity index (χ4v) is 3.75. The van der Waals surface area contributed by atoms with Gasteiger partial charge in [-0.05, 0) is 19.1 Å². The molecule has 0 saturated heterocycles. The zero-order chi connectivity index (χ0) is 15.7. The predicted molar refractivity (Wildman–Crippen MR) is 89.1 cm³/mol. The minimum atomic E-state index is -0.435. The van der Waals surface area contributed by atoms with Gasteiger partial charge in [0.25, 0.3) is 5.91 Å². The predicted octanol–water partition coefficient (Wildman–Crippen LogP) is 5.18. The molecule has 0 fully saturated rings. The maximum Gasteiger partial charge on any atom is 0.263 e. The number of amides is 1. The van der Waals surface area contributed by atoms with Crippen molar-refractivity contribution in [1.82, 2.24) is 5.32 Å². The summed E-state index contributed by atoms with van der Waals surface area (Å²) in [4.78, 5) is 12.9. The van der Waals surface area contributed by atoms with Gasteiger partial charge in [0.05, 0.1) is 11.1 Å². The van der Waals surface area contributed by atoms with Gasteiger partial charge < -0.3 is 5.32 Å². The molecular formula is C17H13ClFNOS. The molecule has 0 aliphatic carbocycles. The molecule has 2 aromatic carbocycles. The average Bonchev–Trinajstić information content (AvgIpc) is 2.85. The Kier molecular flexibility index (Phi) is 4.14. The Hall–Kier alpha value is -1.91. The largest absolute Gasteiger partial charge is 0.345 e. The number of carbonyl (C=O) groups excluding carboxylic acids is 1. The van der Waals surface area contributed by atoms with Gasteiger partial charge in [-0.2, -0.15) is 0 Å². The Bertz CT molecular complexity index is 846. The van der Waals surface area contributed by atoms with Crippen LogP contribution in [-0.2, 0) is 0 Å². The van der Waals surface area contributed by atoms with Crippen LogP contribution in [0.1, 0.15) is 28.2 Å². The first-order valence-corrected chi connectivity index (χ1v) is 7.99.